The molecule has 3 heteroatoms. The smallest absolute Gasteiger partial charge is 0.0558 e. The van der Waals surface area contributed by atoms with E-state index in [1.165, 1.54) is 36.9 Å². The number of hydrogen-bond donors (Lipinski definition) is 1. The van der Waals surface area contributed by atoms with Crippen LogP contribution >= 0.6 is 0 Å². The number of aliphatic hydroxyl groups is 1. The fourth-order valence-corrected chi connectivity index (χ4v) is 2.71. The molecule has 0 spiro atoms. The number of anilines is 1. The Morgan fingerprint density at radius 1 is 1.00 bits per heavy atom. The minimum absolute atomic E-state index is 0.220. The van der Waals surface area contributed by atoms with Crippen LogP contribution in [-0.4, -0.2) is 44.3 Å². The van der Waals surface area contributed by atoms with Crippen LogP contribution in [0.15, 0.2) is 24.3 Å². The molecule has 21 heavy (non-hydrogen) atoms. The van der Waals surface area contributed by atoms with Crippen molar-refractivity contribution < 1.29 is 5.11 Å². The zero-order valence-electron chi connectivity index (χ0n) is 14.2. The Balaban J connectivity index is 2.74. The van der Waals surface area contributed by atoms with Gasteiger partial charge in [0.1, 0.15) is 0 Å². The molecule has 0 aliphatic rings. The zero-order chi connectivity index (χ0) is 15.7. The minimum Gasteiger partial charge on any atom is -0.395 e. The molecule has 1 aromatic carbocycles. The highest BCUT2D eigenvalue weighted by Crippen LogP contribution is 2.27. The number of aliphatic hydroxyl groups excluding tert-OH is 1. The maximum Gasteiger partial charge on any atom is 0.0558 e. The summed E-state index contributed by atoms with van der Waals surface area (Å²) in [6, 6.07) is 9.23. The molecule has 1 N–H and O–H groups in total. The third-order valence-corrected chi connectivity index (χ3v) is 4.11. The van der Waals surface area contributed by atoms with Crippen molar-refractivity contribution in [3.8, 4) is 0 Å². The van der Waals surface area contributed by atoms with Crippen LogP contribution in [-0.2, 0) is 0 Å². The van der Waals surface area contributed by atoms with E-state index < -0.39 is 0 Å². The monoisotopic (exact) mass is 292 g/mol. The van der Waals surface area contributed by atoms with E-state index in [4.69, 9.17) is 0 Å². The van der Waals surface area contributed by atoms with E-state index in [9.17, 15) is 5.11 Å². The van der Waals surface area contributed by atoms with Gasteiger partial charge in [0.25, 0.3) is 0 Å². The second-order valence-electron chi connectivity index (χ2n) is 6.06. The lowest BCUT2D eigenvalue weighted by atomic mass is 9.98. The van der Waals surface area contributed by atoms with Crippen LogP contribution in [0.4, 0.5) is 5.69 Å². The molecule has 0 aliphatic heterocycles. The molecule has 0 aliphatic carbocycles. The summed E-state index contributed by atoms with van der Waals surface area (Å²) in [5, 5.41) is 9.21. The van der Waals surface area contributed by atoms with Gasteiger partial charge in [0, 0.05) is 32.4 Å². The van der Waals surface area contributed by atoms with E-state index in [1.54, 1.807) is 0 Å². The summed E-state index contributed by atoms with van der Waals surface area (Å²) in [6.07, 6.45) is 6.31. The number of likely N-dealkylation sites (N-methyl/N-ethyl adjacent to an activating group) is 1. The third-order valence-electron chi connectivity index (χ3n) is 4.11. The van der Waals surface area contributed by atoms with Crippen molar-refractivity contribution in [2.45, 2.75) is 45.1 Å². The Labute approximate surface area is 130 Å². The molecule has 0 radical (unpaired) electrons. The van der Waals surface area contributed by atoms with Gasteiger partial charge >= 0.3 is 0 Å². The lowest BCUT2D eigenvalue weighted by Crippen LogP contribution is -2.27. The van der Waals surface area contributed by atoms with Gasteiger partial charge in [-0.05, 0) is 31.2 Å². The summed E-state index contributed by atoms with van der Waals surface area (Å²) in [6.45, 7) is 3.20. The molecule has 3 nitrogen and oxygen atoms in total. The van der Waals surface area contributed by atoms with E-state index in [0.717, 1.165) is 13.0 Å². The summed E-state index contributed by atoms with van der Waals surface area (Å²) in [7, 11) is 6.24. The molecule has 0 amide bonds. The van der Waals surface area contributed by atoms with E-state index in [-0.39, 0.29) is 6.61 Å². The minimum atomic E-state index is 0.220. The Kier molecular flexibility index (Phi) is 8.40. The maximum atomic E-state index is 9.21. The first-order valence-corrected chi connectivity index (χ1v) is 8.18. The first-order chi connectivity index (χ1) is 10.1. The van der Waals surface area contributed by atoms with E-state index in [0.29, 0.717) is 6.04 Å². The van der Waals surface area contributed by atoms with Gasteiger partial charge in [-0.25, -0.2) is 0 Å². The molecule has 1 rings (SSSR count). The second-order valence-corrected chi connectivity index (χ2v) is 6.06. The predicted octanol–water partition coefficient (Wildman–Crippen LogP) is 3.69. The first-order valence-electron chi connectivity index (χ1n) is 8.18. The molecule has 0 bridgehead atoms. The Morgan fingerprint density at radius 2 is 1.67 bits per heavy atom. The molecule has 0 heterocycles. The topological polar surface area (TPSA) is 26.7 Å². The lowest BCUT2D eigenvalue weighted by Gasteiger charge is -2.28. The standard InChI is InChI=1S/C18H32N2O/c1-5-6-7-8-9-18(20(4)14-15-21)16-10-12-17(13-11-16)19(2)3/h10-13,18,21H,5-9,14-15H2,1-4H3. The fraction of sp³-hybridized carbons (Fsp3) is 0.667. The average Bonchev–Trinajstić information content (AvgIpc) is 2.47. The summed E-state index contributed by atoms with van der Waals surface area (Å²) in [5.41, 5.74) is 2.58. The number of rotatable bonds is 10. The highest BCUT2D eigenvalue weighted by molar-refractivity contribution is 5.46. The van der Waals surface area contributed by atoms with E-state index in [2.05, 4.69) is 62.1 Å². The van der Waals surface area contributed by atoms with Crippen LogP contribution in [0.1, 0.15) is 50.6 Å². The quantitative estimate of drug-likeness (QED) is 0.666. The van der Waals surface area contributed by atoms with Gasteiger partial charge in [0.2, 0.25) is 0 Å². The van der Waals surface area contributed by atoms with Crippen LogP contribution in [0.5, 0.6) is 0 Å². The number of hydrogen-bond acceptors (Lipinski definition) is 3. The predicted molar refractivity (Wildman–Crippen MR) is 92.0 cm³/mol. The Hall–Kier alpha value is -1.06. The van der Waals surface area contributed by atoms with Crippen molar-refractivity contribution in [1.82, 2.24) is 4.90 Å². The molecule has 0 aromatic heterocycles. The third kappa shape index (κ3) is 6.06. The molecule has 1 aromatic rings. The number of nitrogens with zero attached hydrogens (tertiary/aromatic N) is 2. The van der Waals surface area contributed by atoms with Crippen molar-refractivity contribution >= 4 is 5.69 Å². The summed E-state index contributed by atoms with van der Waals surface area (Å²) in [5.74, 6) is 0. The van der Waals surface area contributed by atoms with E-state index >= 15 is 0 Å². The van der Waals surface area contributed by atoms with Gasteiger partial charge in [0.15, 0.2) is 0 Å². The SMILES string of the molecule is CCCCCCC(c1ccc(N(C)C)cc1)N(C)CCO. The summed E-state index contributed by atoms with van der Waals surface area (Å²) < 4.78 is 0. The van der Waals surface area contributed by atoms with Crippen LogP contribution < -0.4 is 4.90 Å². The molecule has 120 valence electrons. The summed E-state index contributed by atoms with van der Waals surface area (Å²) in [4.78, 5) is 4.40. The van der Waals surface area contributed by atoms with Gasteiger partial charge < -0.3 is 10.0 Å². The lowest BCUT2D eigenvalue weighted by molar-refractivity contribution is 0.172. The Bertz CT molecular complexity index is 375. The van der Waals surface area contributed by atoms with Crippen molar-refractivity contribution in [1.29, 1.82) is 0 Å². The number of benzene rings is 1. The number of unbranched alkanes of at least 4 members (excludes halogenated alkanes) is 3. The van der Waals surface area contributed by atoms with Crippen molar-refractivity contribution in [3.05, 3.63) is 29.8 Å². The highest BCUT2D eigenvalue weighted by Gasteiger charge is 2.16. The van der Waals surface area contributed by atoms with Gasteiger partial charge in [0.05, 0.1) is 6.61 Å². The van der Waals surface area contributed by atoms with E-state index in [1.807, 2.05) is 0 Å². The van der Waals surface area contributed by atoms with Gasteiger partial charge in [-0.15, -0.1) is 0 Å². The zero-order valence-corrected chi connectivity index (χ0v) is 14.2. The van der Waals surface area contributed by atoms with Crippen LogP contribution in [0.3, 0.4) is 0 Å². The first kappa shape index (κ1) is 18.0. The van der Waals surface area contributed by atoms with Crippen LogP contribution in [0.2, 0.25) is 0 Å². The largest absolute Gasteiger partial charge is 0.395 e. The van der Waals surface area contributed by atoms with Crippen molar-refractivity contribution in [3.63, 3.8) is 0 Å². The molecule has 1 atom stereocenters. The Morgan fingerprint density at radius 3 is 2.19 bits per heavy atom. The van der Waals surface area contributed by atoms with Crippen LogP contribution in [0, 0.1) is 0 Å². The molecule has 0 saturated heterocycles. The molecular formula is C18H32N2O. The summed E-state index contributed by atoms with van der Waals surface area (Å²) >= 11 is 0. The van der Waals surface area contributed by atoms with Crippen molar-refractivity contribution in [2.24, 2.45) is 0 Å². The van der Waals surface area contributed by atoms with Gasteiger partial charge in [-0.1, -0.05) is 44.7 Å². The highest BCUT2D eigenvalue weighted by atomic mass is 16.3. The average molecular weight is 292 g/mol. The van der Waals surface area contributed by atoms with Crippen LogP contribution in [0.25, 0.3) is 0 Å². The fourth-order valence-electron chi connectivity index (χ4n) is 2.71. The molecule has 0 saturated carbocycles. The second kappa shape index (κ2) is 9.80. The van der Waals surface area contributed by atoms with Gasteiger partial charge in [-0.3, -0.25) is 4.90 Å². The van der Waals surface area contributed by atoms with Gasteiger partial charge in [-0.2, -0.15) is 0 Å². The van der Waals surface area contributed by atoms with Crippen molar-refractivity contribution in [2.75, 3.05) is 39.2 Å². The maximum absolute atomic E-state index is 9.21. The molecule has 1 unspecified atom stereocenters. The normalized spacial score (nSPS) is 12.7. The molecule has 0 fully saturated rings. The molecular weight excluding hydrogens is 260 g/mol.